The molecule has 2 heterocycles. The van der Waals surface area contributed by atoms with Crippen molar-refractivity contribution in [3.8, 4) is 0 Å². The number of hydrogen-bond acceptors (Lipinski definition) is 6. The molecule has 2 aliphatic rings. The second-order valence-electron chi connectivity index (χ2n) is 7.33. The maximum atomic E-state index is 12.7. The number of nitrogens with zero attached hydrogens (tertiary/aromatic N) is 2. The van der Waals surface area contributed by atoms with E-state index in [-0.39, 0.29) is 6.54 Å². The molecule has 2 aromatic carbocycles. The zero-order valence-corrected chi connectivity index (χ0v) is 18.8. The van der Waals surface area contributed by atoms with Gasteiger partial charge < -0.3 is 10.2 Å². The summed E-state index contributed by atoms with van der Waals surface area (Å²) in [5.41, 5.74) is 2.66. The maximum Gasteiger partial charge on any atom is 0.294 e. The van der Waals surface area contributed by atoms with Crippen molar-refractivity contribution in [1.82, 2.24) is 4.90 Å². The molecule has 3 amide bonds. The molecule has 2 aromatic rings. The maximum absolute atomic E-state index is 12.7. The quantitative estimate of drug-likeness (QED) is 0.506. The van der Waals surface area contributed by atoms with Crippen molar-refractivity contribution in [1.29, 1.82) is 0 Å². The Labute approximate surface area is 190 Å². The number of carbonyl (C=O) groups excluding carboxylic acids is 3. The molecule has 0 spiro atoms. The molecule has 6 nitrogen and oxygen atoms in total. The second kappa shape index (κ2) is 9.62. The van der Waals surface area contributed by atoms with Crippen molar-refractivity contribution in [2.45, 2.75) is 17.7 Å². The highest BCUT2D eigenvalue weighted by Crippen LogP contribution is 2.32. The first-order chi connectivity index (χ1) is 15.0. The lowest BCUT2D eigenvalue weighted by atomic mass is 10.2. The van der Waals surface area contributed by atoms with Gasteiger partial charge in [0.2, 0.25) is 5.91 Å². The van der Waals surface area contributed by atoms with Gasteiger partial charge in [-0.2, -0.15) is 0 Å². The van der Waals surface area contributed by atoms with E-state index in [4.69, 9.17) is 0 Å². The van der Waals surface area contributed by atoms with Crippen LogP contribution in [0.25, 0.3) is 6.08 Å². The fourth-order valence-electron chi connectivity index (χ4n) is 3.59. The van der Waals surface area contributed by atoms with Gasteiger partial charge in [0.1, 0.15) is 6.54 Å². The molecule has 0 atom stereocenters. The molecule has 0 radical (unpaired) electrons. The summed E-state index contributed by atoms with van der Waals surface area (Å²) in [4.78, 5) is 42.1. The predicted octanol–water partition coefficient (Wildman–Crippen LogP) is 4.68. The number of benzene rings is 2. The molecule has 2 saturated heterocycles. The fourth-order valence-corrected chi connectivity index (χ4v) is 4.89. The molecule has 2 fully saturated rings. The lowest BCUT2D eigenvalue weighted by Crippen LogP contribution is -2.36. The first kappa shape index (κ1) is 21.5. The third-order valence-corrected chi connectivity index (χ3v) is 6.82. The minimum absolute atomic E-state index is 0.306. The van der Waals surface area contributed by atoms with Crippen LogP contribution < -0.4 is 10.2 Å². The molecule has 0 aromatic heterocycles. The minimum Gasteiger partial charge on any atom is -0.372 e. The summed E-state index contributed by atoms with van der Waals surface area (Å²) in [6, 6.07) is 15.4. The van der Waals surface area contributed by atoms with Crippen LogP contribution in [0.5, 0.6) is 0 Å². The van der Waals surface area contributed by atoms with Gasteiger partial charge in [-0.1, -0.05) is 18.2 Å². The minimum atomic E-state index is -0.438. The van der Waals surface area contributed by atoms with Gasteiger partial charge in [-0.3, -0.25) is 19.3 Å². The van der Waals surface area contributed by atoms with Crippen LogP contribution >= 0.6 is 23.5 Å². The number of imide groups is 1. The van der Waals surface area contributed by atoms with Gasteiger partial charge in [-0.05, 0) is 72.8 Å². The van der Waals surface area contributed by atoms with Gasteiger partial charge in [0.15, 0.2) is 0 Å². The fraction of sp³-hybridized carbons (Fsp3) is 0.261. The Kier molecular flexibility index (Phi) is 6.67. The van der Waals surface area contributed by atoms with Crippen LogP contribution in [0.15, 0.2) is 58.3 Å². The van der Waals surface area contributed by atoms with E-state index in [2.05, 4.69) is 10.2 Å². The summed E-state index contributed by atoms with van der Waals surface area (Å²) in [6.45, 7) is 1.84. The smallest absolute Gasteiger partial charge is 0.294 e. The zero-order chi connectivity index (χ0) is 21.8. The Balaban J connectivity index is 1.40. The lowest BCUT2D eigenvalue weighted by Gasteiger charge is -2.17. The summed E-state index contributed by atoms with van der Waals surface area (Å²) in [5, 5.41) is 2.32. The molecule has 2 aliphatic heterocycles. The van der Waals surface area contributed by atoms with Crippen LogP contribution in [0.3, 0.4) is 0 Å². The van der Waals surface area contributed by atoms with E-state index in [1.165, 1.54) is 18.5 Å². The van der Waals surface area contributed by atoms with Crippen molar-refractivity contribution in [3.63, 3.8) is 0 Å². The highest BCUT2D eigenvalue weighted by Gasteiger charge is 2.36. The topological polar surface area (TPSA) is 69.7 Å². The summed E-state index contributed by atoms with van der Waals surface area (Å²) in [6.07, 6.45) is 6.09. The zero-order valence-electron chi connectivity index (χ0n) is 17.2. The van der Waals surface area contributed by atoms with E-state index in [0.29, 0.717) is 10.6 Å². The van der Waals surface area contributed by atoms with Crippen molar-refractivity contribution in [2.24, 2.45) is 0 Å². The molecule has 0 saturated carbocycles. The van der Waals surface area contributed by atoms with Gasteiger partial charge >= 0.3 is 0 Å². The van der Waals surface area contributed by atoms with E-state index in [1.54, 1.807) is 23.9 Å². The van der Waals surface area contributed by atoms with Gasteiger partial charge in [0.25, 0.3) is 11.1 Å². The largest absolute Gasteiger partial charge is 0.372 e. The number of anilines is 2. The highest BCUT2D eigenvalue weighted by molar-refractivity contribution is 8.18. The molecular weight excluding hydrogens is 430 g/mol. The Morgan fingerprint density at radius 2 is 1.87 bits per heavy atom. The van der Waals surface area contributed by atoms with Crippen molar-refractivity contribution < 1.29 is 14.4 Å². The molecule has 0 aliphatic carbocycles. The normalized spacial score (nSPS) is 17.6. The highest BCUT2D eigenvalue weighted by atomic mass is 32.2. The van der Waals surface area contributed by atoms with Gasteiger partial charge in [-0.15, -0.1) is 11.8 Å². The van der Waals surface area contributed by atoms with Crippen LogP contribution in [-0.4, -0.2) is 47.8 Å². The standard InChI is InChI=1S/C23H23N3O3S2/c1-30-19-6-4-5-17(14-19)24-21(27)15-26-22(28)20(31-23(26)29)13-16-7-9-18(10-8-16)25-11-2-3-12-25/h4-10,13-14H,2-3,11-12,15H2,1H3,(H,24,27)/b20-13+. The number of hydrogen-bond donors (Lipinski definition) is 1. The Bertz CT molecular complexity index is 1030. The Morgan fingerprint density at radius 1 is 1.13 bits per heavy atom. The molecule has 0 bridgehead atoms. The molecule has 8 heteroatoms. The average molecular weight is 454 g/mol. The molecule has 160 valence electrons. The van der Waals surface area contributed by atoms with Crippen molar-refractivity contribution >= 4 is 58.0 Å². The average Bonchev–Trinajstić information content (AvgIpc) is 3.39. The van der Waals surface area contributed by atoms with E-state index in [0.717, 1.165) is 40.2 Å². The Hall–Kier alpha value is -2.71. The number of rotatable bonds is 6. The predicted molar refractivity (Wildman–Crippen MR) is 127 cm³/mol. The summed E-state index contributed by atoms with van der Waals surface area (Å²) >= 11 is 2.43. The summed E-state index contributed by atoms with van der Waals surface area (Å²) < 4.78 is 0. The number of thioether (sulfide) groups is 2. The third-order valence-electron chi connectivity index (χ3n) is 5.19. The van der Waals surface area contributed by atoms with Crippen LogP contribution in [0, 0.1) is 0 Å². The first-order valence-corrected chi connectivity index (χ1v) is 12.1. The number of amides is 3. The molecule has 4 rings (SSSR count). The summed E-state index contributed by atoms with van der Waals surface area (Å²) in [5.74, 6) is -0.844. The van der Waals surface area contributed by atoms with Crippen molar-refractivity contribution in [3.05, 3.63) is 59.0 Å². The van der Waals surface area contributed by atoms with Crippen LogP contribution in [0.4, 0.5) is 16.2 Å². The van der Waals surface area contributed by atoms with E-state index >= 15 is 0 Å². The monoisotopic (exact) mass is 453 g/mol. The Morgan fingerprint density at radius 3 is 2.58 bits per heavy atom. The van der Waals surface area contributed by atoms with E-state index in [9.17, 15) is 14.4 Å². The summed E-state index contributed by atoms with van der Waals surface area (Å²) in [7, 11) is 0. The first-order valence-electron chi connectivity index (χ1n) is 10.1. The molecule has 0 unspecified atom stereocenters. The molecule has 1 N–H and O–H groups in total. The van der Waals surface area contributed by atoms with Gasteiger partial charge in [-0.25, -0.2) is 0 Å². The van der Waals surface area contributed by atoms with E-state index < -0.39 is 17.1 Å². The van der Waals surface area contributed by atoms with Gasteiger partial charge in [0.05, 0.1) is 4.91 Å². The second-order valence-corrected chi connectivity index (χ2v) is 9.21. The van der Waals surface area contributed by atoms with Crippen LogP contribution in [-0.2, 0) is 9.59 Å². The van der Waals surface area contributed by atoms with Crippen LogP contribution in [0.1, 0.15) is 18.4 Å². The number of carbonyl (C=O) groups is 3. The van der Waals surface area contributed by atoms with E-state index in [1.807, 2.05) is 48.7 Å². The number of nitrogens with one attached hydrogen (secondary N) is 1. The molecule has 31 heavy (non-hydrogen) atoms. The van der Waals surface area contributed by atoms with Gasteiger partial charge in [0, 0.05) is 29.4 Å². The SMILES string of the molecule is CSc1cccc(NC(=O)CN2C(=O)S/C(=C/c3ccc(N4CCCC4)cc3)C2=O)c1. The molecular formula is C23H23N3O3S2. The van der Waals surface area contributed by atoms with Crippen LogP contribution in [0.2, 0.25) is 0 Å². The third kappa shape index (κ3) is 5.14. The lowest BCUT2D eigenvalue weighted by molar-refractivity contribution is -0.127. The van der Waals surface area contributed by atoms with Crippen molar-refractivity contribution in [2.75, 3.05) is 36.1 Å².